The number of pyridine rings is 1. The molecule has 4 nitrogen and oxygen atoms in total. The van der Waals surface area contributed by atoms with E-state index in [-0.39, 0.29) is 16.4 Å². The lowest BCUT2D eigenvalue weighted by atomic mass is 10.2. The van der Waals surface area contributed by atoms with Gasteiger partial charge in [0.2, 0.25) is 0 Å². The predicted octanol–water partition coefficient (Wildman–Crippen LogP) is 1.41. The quantitative estimate of drug-likeness (QED) is 0.832. The molecule has 1 amide bonds. The van der Waals surface area contributed by atoms with Gasteiger partial charge in [-0.05, 0) is 25.2 Å². The maximum absolute atomic E-state index is 11.7. The molecule has 1 fully saturated rings. The van der Waals surface area contributed by atoms with Gasteiger partial charge in [0.25, 0.3) is 5.91 Å². The van der Waals surface area contributed by atoms with Gasteiger partial charge in [-0.25, -0.2) is 0 Å². The number of nitrogens with zero attached hydrogens (tertiary/aromatic N) is 1. The van der Waals surface area contributed by atoms with Crippen LogP contribution in [0.1, 0.15) is 23.2 Å². The van der Waals surface area contributed by atoms with Crippen molar-refractivity contribution in [2.75, 3.05) is 12.8 Å². The Labute approximate surface area is 98.5 Å². The molecule has 0 saturated heterocycles. The van der Waals surface area contributed by atoms with Crippen LogP contribution in [0.15, 0.2) is 18.5 Å². The van der Waals surface area contributed by atoms with E-state index in [0.717, 1.165) is 12.8 Å². The molecule has 1 aliphatic carbocycles. The molecule has 0 radical (unpaired) electrons. The van der Waals surface area contributed by atoms with E-state index in [4.69, 9.17) is 0 Å². The molecule has 1 heterocycles. The summed E-state index contributed by atoms with van der Waals surface area (Å²) >= 11 is 1.80. The van der Waals surface area contributed by atoms with Gasteiger partial charge < -0.3 is 10.4 Å². The molecule has 1 aliphatic rings. The molecular formula is C11H14N2O2S. The molecule has 5 heteroatoms. The van der Waals surface area contributed by atoms with E-state index in [1.165, 1.54) is 18.5 Å². The minimum Gasteiger partial charge on any atom is -0.506 e. The summed E-state index contributed by atoms with van der Waals surface area (Å²) in [5.41, 5.74) is 0.400. The highest BCUT2D eigenvalue weighted by molar-refractivity contribution is 8.00. The second-order valence-corrected chi connectivity index (χ2v) is 5.28. The first-order chi connectivity index (χ1) is 7.65. The molecule has 1 saturated carbocycles. The number of hydrogen-bond donors (Lipinski definition) is 2. The maximum Gasteiger partial charge on any atom is 0.253 e. The minimum absolute atomic E-state index is 0.0126. The number of thioether (sulfide) groups is 1. The van der Waals surface area contributed by atoms with Crippen molar-refractivity contribution in [1.82, 2.24) is 10.3 Å². The van der Waals surface area contributed by atoms with Gasteiger partial charge in [0.15, 0.2) is 0 Å². The second kappa shape index (κ2) is 4.33. The van der Waals surface area contributed by atoms with E-state index in [9.17, 15) is 9.90 Å². The third-order valence-corrected chi connectivity index (χ3v) is 4.22. The average molecular weight is 238 g/mol. The van der Waals surface area contributed by atoms with Crippen LogP contribution in [-0.2, 0) is 0 Å². The molecule has 0 spiro atoms. The highest BCUT2D eigenvalue weighted by atomic mass is 32.2. The van der Waals surface area contributed by atoms with E-state index < -0.39 is 0 Å². The molecule has 0 atom stereocenters. The number of amides is 1. The zero-order chi connectivity index (χ0) is 11.6. The summed E-state index contributed by atoms with van der Waals surface area (Å²) in [5, 5.41) is 12.1. The van der Waals surface area contributed by atoms with Crippen LogP contribution in [0.3, 0.4) is 0 Å². The van der Waals surface area contributed by atoms with Crippen LogP contribution >= 0.6 is 11.8 Å². The van der Waals surface area contributed by atoms with Crippen LogP contribution in [0.25, 0.3) is 0 Å². The van der Waals surface area contributed by atoms with Gasteiger partial charge in [-0.2, -0.15) is 11.8 Å². The SMILES string of the molecule is CSC1(CNC(=O)c2cncc(O)c2)CC1. The fraction of sp³-hybridized carbons (Fsp3) is 0.455. The summed E-state index contributed by atoms with van der Waals surface area (Å²) < 4.78 is 0.250. The molecule has 16 heavy (non-hydrogen) atoms. The predicted molar refractivity (Wildman–Crippen MR) is 63.7 cm³/mol. The highest BCUT2D eigenvalue weighted by Crippen LogP contribution is 2.46. The Balaban J connectivity index is 1.93. The topological polar surface area (TPSA) is 62.2 Å². The van der Waals surface area contributed by atoms with Gasteiger partial charge in [-0.15, -0.1) is 0 Å². The largest absolute Gasteiger partial charge is 0.506 e. The van der Waals surface area contributed by atoms with Crippen molar-refractivity contribution in [2.24, 2.45) is 0 Å². The first-order valence-electron chi connectivity index (χ1n) is 5.13. The van der Waals surface area contributed by atoms with E-state index in [0.29, 0.717) is 12.1 Å². The van der Waals surface area contributed by atoms with Crippen LogP contribution in [0, 0.1) is 0 Å². The van der Waals surface area contributed by atoms with Crippen molar-refractivity contribution in [3.8, 4) is 5.75 Å². The molecular weight excluding hydrogens is 224 g/mol. The molecule has 0 aliphatic heterocycles. The number of carbonyl (C=O) groups is 1. The van der Waals surface area contributed by atoms with E-state index in [1.807, 2.05) is 0 Å². The Hall–Kier alpha value is -1.23. The number of carbonyl (C=O) groups excluding carboxylic acids is 1. The van der Waals surface area contributed by atoms with E-state index in [1.54, 1.807) is 11.8 Å². The average Bonchev–Trinajstić information content (AvgIpc) is 3.07. The van der Waals surface area contributed by atoms with Crippen LogP contribution in [-0.4, -0.2) is 33.5 Å². The minimum atomic E-state index is -0.177. The summed E-state index contributed by atoms with van der Waals surface area (Å²) in [6.45, 7) is 0.683. The Kier molecular flexibility index (Phi) is 3.05. The van der Waals surface area contributed by atoms with E-state index in [2.05, 4.69) is 16.6 Å². The summed E-state index contributed by atoms with van der Waals surface area (Å²) in [4.78, 5) is 15.5. The Morgan fingerprint density at radius 2 is 2.38 bits per heavy atom. The summed E-state index contributed by atoms with van der Waals surface area (Å²) in [7, 11) is 0. The summed E-state index contributed by atoms with van der Waals surface area (Å²) in [6, 6.07) is 1.42. The number of nitrogens with one attached hydrogen (secondary N) is 1. The summed E-state index contributed by atoms with van der Waals surface area (Å²) in [6.07, 6.45) is 7.14. The van der Waals surface area contributed by atoms with Gasteiger partial charge in [0.1, 0.15) is 5.75 Å². The van der Waals surface area contributed by atoms with Gasteiger partial charge in [0, 0.05) is 17.5 Å². The smallest absolute Gasteiger partial charge is 0.253 e. The Bertz CT molecular complexity index is 405. The van der Waals surface area contributed by atoms with Crippen molar-refractivity contribution < 1.29 is 9.90 Å². The molecule has 86 valence electrons. The van der Waals surface area contributed by atoms with Gasteiger partial charge in [-0.3, -0.25) is 9.78 Å². The van der Waals surface area contributed by atoms with Crippen LogP contribution in [0.5, 0.6) is 5.75 Å². The fourth-order valence-electron chi connectivity index (χ4n) is 1.49. The van der Waals surface area contributed by atoms with Gasteiger partial charge >= 0.3 is 0 Å². The number of aromatic nitrogens is 1. The van der Waals surface area contributed by atoms with Crippen LogP contribution < -0.4 is 5.32 Å². The van der Waals surface area contributed by atoms with Crippen molar-refractivity contribution in [2.45, 2.75) is 17.6 Å². The maximum atomic E-state index is 11.7. The lowest BCUT2D eigenvalue weighted by molar-refractivity contribution is 0.0952. The molecule has 0 aromatic carbocycles. The third kappa shape index (κ3) is 2.47. The van der Waals surface area contributed by atoms with Crippen molar-refractivity contribution >= 4 is 17.7 Å². The lowest BCUT2D eigenvalue weighted by Crippen LogP contribution is -2.31. The van der Waals surface area contributed by atoms with Crippen LogP contribution in [0.4, 0.5) is 0 Å². The highest BCUT2D eigenvalue weighted by Gasteiger charge is 2.41. The molecule has 1 aromatic rings. The Morgan fingerprint density at radius 3 is 2.94 bits per heavy atom. The molecule has 0 bridgehead atoms. The first-order valence-corrected chi connectivity index (χ1v) is 6.35. The monoisotopic (exact) mass is 238 g/mol. The number of aromatic hydroxyl groups is 1. The van der Waals surface area contributed by atoms with Crippen LogP contribution in [0.2, 0.25) is 0 Å². The standard InChI is InChI=1S/C11H14N2O2S/c1-16-11(2-3-11)7-13-10(15)8-4-9(14)6-12-5-8/h4-6,14H,2-3,7H2,1H3,(H,13,15). The zero-order valence-electron chi connectivity index (χ0n) is 9.06. The third-order valence-electron chi connectivity index (χ3n) is 2.80. The molecule has 2 N–H and O–H groups in total. The molecule has 1 aromatic heterocycles. The van der Waals surface area contributed by atoms with Crippen molar-refractivity contribution in [3.05, 3.63) is 24.0 Å². The van der Waals surface area contributed by atoms with E-state index >= 15 is 0 Å². The molecule has 2 rings (SSSR count). The fourth-order valence-corrected chi connectivity index (χ4v) is 2.21. The summed E-state index contributed by atoms with van der Waals surface area (Å²) in [5.74, 6) is -0.164. The Morgan fingerprint density at radius 1 is 1.62 bits per heavy atom. The lowest BCUT2D eigenvalue weighted by Gasteiger charge is -2.12. The van der Waals surface area contributed by atoms with Gasteiger partial charge in [-0.1, -0.05) is 0 Å². The normalized spacial score (nSPS) is 16.8. The van der Waals surface area contributed by atoms with Crippen molar-refractivity contribution in [3.63, 3.8) is 0 Å². The first kappa shape index (κ1) is 11.3. The van der Waals surface area contributed by atoms with Crippen molar-refractivity contribution in [1.29, 1.82) is 0 Å². The van der Waals surface area contributed by atoms with Gasteiger partial charge in [0.05, 0.1) is 11.8 Å². The molecule has 0 unspecified atom stereocenters. The number of hydrogen-bond acceptors (Lipinski definition) is 4. The zero-order valence-corrected chi connectivity index (χ0v) is 9.88. The second-order valence-electron chi connectivity index (χ2n) is 4.00. The number of rotatable bonds is 4.